The van der Waals surface area contributed by atoms with Crippen LogP contribution in [0.5, 0.6) is 5.75 Å². The van der Waals surface area contributed by atoms with E-state index in [2.05, 4.69) is 0 Å². The molecule has 2 N–H and O–H groups in total. The van der Waals surface area contributed by atoms with E-state index in [1.165, 1.54) is 0 Å². The van der Waals surface area contributed by atoms with Crippen LogP contribution in [0.2, 0.25) is 0 Å². The van der Waals surface area contributed by atoms with Crippen molar-refractivity contribution in [1.29, 1.82) is 0 Å². The van der Waals surface area contributed by atoms with E-state index in [0.29, 0.717) is 22.7 Å². The second-order valence-electron chi connectivity index (χ2n) is 4.54. The number of aromatic nitrogens is 1. The van der Waals surface area contributed by atoms with Gasteiger partial charge in [0.2, 0.25) is 11.7 Å². The molecule has 6 nitrogen and oxygen atoms in total. The molecular weight excluding hydrogens is 272 g/mol. The van der Waals surface area contributed by atoms with Gasteiger partial charge in [-0.2, -0.15) is 0 Å². The standard InChI is InChI=1S/C15H16N2O4/c1-17-11(9-14(18)16-20)5-8-13(17)15(19)10-3-6-12(21-2)7-4-10/h3-8,20H,9H2,1-2H3,(H,16,18). The average molecular weight is 288 g/mol. The summed E-state index contributed by atoms with van der Waals surface area (Å²) in [5, 5.41) is 8.54. The lowest BCUT2D eigenvalue weighted by Gasteiger charge is -2.07. The van der Waals surface area contributed by atoms with Crippen molar-refractivity contribution in [2.45, 2.75) is 6.42 Å². The fourth-order valence-corrected chi connectivity index (χ4v) is 2.05. The van der Waals surface area contributed by atoms with Crippen LogP contribution in [0.15, 0.2) is 36.4 Å². The Hall–Kier alpha value is -2.60. The summed E-state index contributed by atoms with van der Waals surface area (Å²) >= 11 is 0. The van der Waals surface area contributed by atoms with E-state index in [0.717, 1.165) is 0 Å². The molecule has 1 aromatic carbocycles. The Morgan fingerprint density at radius 1 is 1.19 bits per heavy atom. The van der Waals surface area contributed by atoms with Crippen molar-refractivity contribution in [3.8, 4) is 5.75 Å². The summed E-state index contributed by atoms with van der Waals surface area (Å²) in [7, 11) is 3.27. The maximum atomic E-state index is 12.4. The van der Waals surface area contributed by atoms with E-state index >= 15 is 0 Å². The normalized spacial score (nSPS) is 10.2. The topological polar surface area (TPSA) is 80.6 Å². The number of methoxy groups -OCH3 is 1. The number of carbonyl (C=O) groups excluding carboxylic acids is 2. The van der Waals surface area contributed by atoms with Crippen LogP contribution in [-0.2, 0) is 18.3 Å². The summed E-state index contributed by atoms with van der Waals surface area (Å²) in [6.07, 6.45) is 0.00287. The first-order valence-electron chi connectivity index (χ1n) is 6.33. The van der Waals surface area contributed by atoms with E-state index in [-0.39, 0.29) is 12.2 Å². The van der Waals surface area contributed by atoms with E-state index in [1.807, 2.05) is 0 Å². The first-order chi connectivity index (χ1) is 10.1. The lowest BCUT2D eigenvalue weighted by molar-refractivity contribution is -0.128. The van der Waals surface area contributed by atoms with Gasteiger partial charge in [0, 0.05) is 18.3 Å². The van der Waals surface area contributed by atoms with Gasteiger partial charge in [0.1, 0.15) is 5.75 Å². The fourth-order valence-electron chi connectivity index (χ4n) is 2.05. The summed E-state index contributed by atoms with van der Waals surface area (Å²) in [5.74, 6) is 0.00851. The zero-order valence-corrected chi connectivity index (χ0v) is 11.8. The van der Waals surface area contributed by atoms with Crippen molar-refractivity contribution in [3.05, 3.63) is 53.3 Å². The second kappa shape index (κ2) is 6.23. The zero-order valence-electron chi connectivity index (χ0n) is 11.8. The molecule has 0 spiro atoms. The molecule has 0 atom stereocenters. The molecule has 0 aliphatic heterocycles. The molecule has 0 saturated carbocycles. The number of ether oxygens (including phenoxy) is 1. The monoisotopic (exact) mass is 288 g/mol. The molecule has 1 aromatic heterocycles. The van der Waals surface area contributed by atoms with Crippen LogP contribution in [0.25, 0.3) is 0 Å². The molecular formula is C15H16N2O4. The van der Waals surface area contributed by atoms with Gasteiger partial charge in [-0.1, -0.05) is 0 Å². The number of carbonyl (C=O) groups is 2. The summed E-state index contributed by atoms with van der Waals surface area (Å²) in [6, 6.07) is 10.2. The second-order valence-corrected chi connectivity index (χ2v) is 4.54. The fraction of sp³-hybridized carbons (Fsp3) is 0.200. The number of ketones is 1. The first kappa shape index (κ1) is 14.8. The molecule has 0 aliphatic carbocycles. The van der Waals surface area contributed by atoms with Crippen molar-refractivity contribution < 1.29 is 19.5 Å². The van der Waals surface area contributed by atoms with E-state index in [9.17, 15) is 9.59 Å². The summed E-state index contributed by atoms with van der Waals surface area (Å²) in [5.41, 5.74) is 3.22. The number of hydrogen-bond acceptors (Lipinski definition) is 4. The highest BCUT2D eigenvalue weighted by Crippen LogP contribution is 2.17. The summed E-state index contributed by atoms with van der Waals surface area (Å²) < 4.78 is 6.69. The quantitative estimate of drug-likeness (QED) is 0.494. The number of nitrogens with zero attached hydrogens (tertiary/aromatic N) is 1. The molecule has 2 rings (SSSR count). The van der Waals surface area contributed by atoms with Crippen LogP contribution in [0.3, 0.4) is 0 Å². The molecule has 6 heteroatoms. The zero-order chi connectivity index (χ0) is 15.4. The van der Waals surface area contributed by atoms with Gasteiger partial charge in [0.15, 0.2) is 0 Å². The van der Waals surface area contributed by atoms with E-state index < -0.39 is 5.91 Å². The smallest absolute Gasteiger partial charge is 0.249 e. The molecule has 110 valence electrons. The Balaban J connectivity index is 2.24. The molecule has 1 amide bonds. The molecule has 2 aromatic rings. The number of rotatable bonds is 5. The first-order valence-corrected chi connectivity index (χ1v) is 6.33. The Labute approximate surface area is 121 Å². The lowest BCUT2D eigenvalue weighted by atomic mass is 10.1. The van der Waals surface area contributed by atoms with Crippen LogP contribution in [-0.4, -0.2) is 28.6 Å². The van der Waals surface area contributed by atoms with Gasteiger partial charge < -0.3 is 9.30 Å². The van der Waals surface area contributed by atoms with Crippen LogP contribution >= 0.6 is 0 Å². The van der Waals surface area contributed by atoms with Gasteiger partial charge in [-0.05, 0) is 36.4 Å². The average Bonchev–Trinajstić information content (AvgIpc) is 2.87. The predicted molar refractivity (Wildman–Crippen MR) is 75.5 cm³/mol. The third-order valence-corrected chi connectivity index (χ3v) is 3.28. The van der Waals surface area contributed by atoms with Gasteiger partial charge >= 0.3 is 0 Å². The van der Waals surface area contributed by atoms with Gasteiger partial charge in [-0.25, -0.2) is 5.48 Å². The molecule has 1 heterocycles. The van der Waals surface area contributed by atoms with E-state index in [1.54, 1.807) is 60.6 Å². The minimum atomic E-state index is -0.528. The molecule has 0 bridgehead atoms. The van der Waals surface area contributed by atoms with E-state index in [4.69, 9.17) is 9.94 Å². The predicted octanol–water partition coefficient (Wildman–Crippen LogP) is 1.31. The lowest BCUT2D eigenvalue weighted by Crippen LogP contribution is -2.22. The molecule has 0 fully saturated rings. The van der Waals surface area contributed by atoms with Gasteiger partial charge in [0.05, 0.1) is 19.2 Å². The number of amides is 1. The number of benzene rings is 1. The maximum absolute atomic E-state index is 12.4. The Kier molecular flexibility index (Phi) is 4.39. The van der Waals surface area contributed by atoms with Crippen molar-refractivity contribution in [2.24, 2.45) is 7.05 Å². The highest BCUT2D eigenvalue weighted by Gasteiger charge is 2.16. The largest absolute Gasteiger partial charge is 0.497 e. The van der Waals surface area contributed by atoms with Crippen LogP contribution < -0.4 is 10.2 Å². The number of nitrogens with one attached hydrogen (secondary N) is 1. The molecule has 21 heavy (non-hydrogen) atoms. The van der Waals surface area contributed by atoms with Crippen molar-refractivity contribution in [2.75, 3.05) is 7.11 Å². The van der Waals surface area contributed by atoms with Gasteiger partial charge in [0.25, 0.3) is 0 Å². The summed E-state index contributed by atoms with van der Waals surface area (Å²) in [6.45, 7) is 0. The van der Waals surface area contributed by atoms with Gasteiger partial charge in [-0.3, -0.25) is 14.8 Å². The van der Waals surface area contributed by atoms with Crippen molar-refractivity contribution in [3.63, 3.8) is 0 Å². The highest BCUT2D eigenvalue weighted by atomic mass is 16.5. The third kappa shape index (κ3) is 3.11. The maximum Gasteiger partial charge on any atom is 0.249 e. The number of hydroxylamine groups is 1. The summed E-state index contributed by atoms with van der Waals surface area (Å²) in [4.78, 5) is 23.6. The third-order valence-electron chi connectivity index (χ3n) is 3.28. The van der Waals surface area contributed by atoms with Crippen molar-refractivity contribution in [1.82, 2.24) is 10.0 Å². The van der Waals surface area contributed by atoms with Gasteiger partial charge in [-0.15, -0.1) is 0 Å². The molecule has 0 radical (unpaired) electrons. The van der Waals surface area contributed by atoms with Crippen molar-refractivity contribution >= 4 is 11.7 Å². The highest BCUT2D eigenvalue weighted by molar-refractivity contribution is 6.08. The number of hydrogen-bond donors (Lipinski definition) is 2. The van der Waals surface area contributed by atoms with Crippen LogP contribution in [0, 0.1) is 0 Å². The SMILES string of the molecule is COc1ccc(C(=O)c2ccc(CC(=O)NO)n2C)cc1. The molecule has 0 aliphatic rings. The Morgan fingerprint density at radius 3 is 2.43 bits per heavy atom. The Bertz CT molecular complexity index is 659. The minimum absolute atomic E-state index is 0.00287. The van der Waals surface area contributed by atoms with Crippen LogP contribution in [0.4, 0.5) is 0 Å². The molecule has 0 unspecified atom stereocenters. The minimum Gasteiger partial charge on any atom is -0.497 e. The molecule has 0 saturated heterocycles. The van der Waals surface area contributed by atoms with Crippen LogP contribution in [0.1, 0.15) is 21.7 Å². The Morgan fingerprint density at radius 2 is 1.86 bits per heavy atom.